The summed E-state index contributed by atoms with van der Waals surface area (Å²) >= 11 is 1.53. The summed E-state index contributed by atoms with van der Waals surface area (Å²) in [6.07, 6.45) is 0.971. The highest BCUT2D eigenvalue weighted by atomic mass is 32.1. The van der Waals surface area contributed by atoms with Crippen molar-refractivity contribution in [3.05, 3.63) is 57.8 Å². The summed E-state index contributed by atoms with van der Waals surface area (Å²) in [5.74, 6) is -0.137. The van der Waals surface area contributed by atoms with E-state index in [0.29, 0.717) is 31.7 Å². The molecule has 0 radical (unpaired) electrons. The summed E-state index contributed by atoms with van der Waals surface area (Å²) in [4.78, 5) is 41.9. The molecule has 0 aliphatic carbocycles. The predicted octanol–water partition coefficient (Wildman–Crippen LogP) is 3.00. The molecule has 2 aromatic rings. The number of nitrogens with one attached hydrogen (secondary N) is 1. The average Bonchev–Trinajstić information content (AvgIpc) is 3.11. The molecule has 7 heteroatoms. The number of rotatable bonds is 5. The lowest BCUT2D eigenvalue weighted by Crippen LogP contribution is -2.39. The predicted molar refractivity (Wildman–Crippen MR) is 114 cm³/mol. The Kier molecular flexibility index (Phi) is 7.04. The third-order valence-corrected chi connectivity index (χ3v) is 6.03. The van der Waals surface area contributed by atoms with Crippen molar-refractivity contribution >= 4 is 29.1 Å². The van der Waals surface area contributed by atoms with Gasteiger partial charge in [0.2, 0.25) is 11.8 Å². The van der Waals surface area contributed by atoms with Crippen LogP contribution in [0.25, 0.3) is 0 Å². The summed E-state index contributed by atoms with van der Waals surface area (Å²) in [7, 11) is 0. The molecule has 29 heavy (non-hydrogen) atoms. The van der Waals surface area contributed by atoms with Crippen molar-refractivity contribution < 1.29 is 14.4 Å². The second-order valence-electron chi connectivity index (χ2n) is 7.37. The standard InChI is InChI=1S/C22H27N3O3S/c1-16-6-3-7-18(14-16)22(28)25-10-5-9-24(11-12-25)21(27)15-19(23-17(2)26)20-8-4-13-29-20/h3-4,6-8,13-14,19H,5,9-12,15H2,1-2H3,(H,23,26). The highest BCUT2D eigenvalue weighted by Gasteiger charge is 2.26. The maximum Gasteiger partial charge on any atom is 0.253 e. The fourth-order valence-electron chi connectivity index (χ4n) is 3.59. The van der Waals surface area contributed by atoms with Crippen LogP contribution in [-0.4, -0.2) is 53.7 Å². The van der Waals surface area contributed by atoms with Crippen molar-refractivity contribution in [2.45, 2.75) is 32.7 Å². The first-order valence-electron chi connectivity index (χ1n) is 9.88. The van der Waals surface area contributed by atoms with Crippen molar-refractivity contribution in [3.63, 3.8) is 0 Å². The molecule has 0 spiro atoms. The number of carbonyl (C=O) groups excluding carboxylic acids is 3. The lowest BCUT2D eigenvalue weighted by Gasteiger charge is -2.24. The van der Waals surface area contributed by atoms with Gasteiger partial charge in [0.1, 0.15) is 0 Å². The first-order chi connectivity index (χ1) is 13.9. The quantitative estimate of drug-likeness (QED) is 0.819. The minimum absolute atomic E-state index is 0.00186. The van der Waals surface area contributed by atoms with Crippen molar-refractivity contribution in [1.82, 2.24) is 15.1 Å². The molecule has 3 amide bonds. The van der Waals surface area contributed by atoms with Gasteiger partial charge in [-0.25, -0.2) is 0 Å². The van der Waals surface area contributed by atoms with Crippen LogP contribution < -0.4 is 5.32 Å². The molecule has 1 aliphatic heterocycles. The van der Waals surface area contributed by atoms with Crippen molar-refractivity contribution in [3.8, 4) is 0 Å². The van der Waals surface area contributed by atoms with Crippen molar-refractivity contribution in [1.29, 1.82) is 0 Å². The van der Waals surface area contributed by atoms with Crippen molar-refractivity contribution in [2.24, 2.45) is 0 Å². The smallest absolute Gasteiger partial charge is 0.253 e. The average molecular weight is 414 g/mol. The molecule has 3 rings (SSSR count). The zero-order chi connectivity index (χ0) is 20.8. The lowest BCUT2D eigenvalue weighted by atomic mass is 10.1. The van der Waals surface area contributed by atoms with E-state index in [1.807, 2.05) is 58.5 Å². The van der Waals surface area contributed by atoms with Gasteiger partial charge < -0.3 is 15.1 Å². The molecule has 0 bridgehead atoms. The van der Waals surface area contributed by atoms with E-state index < -0.39 is 0 Å². The minimum atomic E-state index is -0.312. The number of hydrogen-bond donors (Lipinski definition) is 1. The number of benzene rings is 1. The molecule has 1 N–H and O–H groups in total. The molecular weight excluding hydrogens is 386 g/mol. The number of carbonyl (C=O) groups is 3. The van der Waals surface area contributed by atoms with Gasteiger partial charge in [-0.3, -0.25) is 14.4 Å². The zero-order valence-corrected chi connectivity index (χ0v) is 17.7. The number of aryl methyl sites for hydroxylation is 1. The van der Waals surface area contributed by atoms with Gasteiger partial charge in [-0.15, -0.1) is 11.3 Å². The number of nitrogens with zero attached hydrogens (tertiary/aromatic N) is 2. The van der Waals surface area contributed by atoms with Crippen LogP contribution in [0, 0.1) is 6.92 Å². The van der Waals surface area contributed by atoms with Crippen LogP contribution in [0.4, 0.5) is 0 Å². The number of amides is 3. The molecule has 1 aliphatic rings. The maximum atomic E-state index is 12.9. The first-order valence-corrected chi connectivity index (χ1v) is 10.8. The van der Waals surface area contributed by atoms with Crippen LogP contribution in [0.3, 0.4) is 0 Å². The summed E-state index contributed by atoms with van der Waals surface area (Å²) in [6, 6.07) is 11.1. The van der Waals surface area contributed by atoms with Gasteiger partial charge >= 0.3 is 0 Å². The molecule has 1 aromatic heterocycles. The van der Waals surface area contributed by atoms with E-state index >= 15 is 0 Å². The van der Waals surface area contributed by atoms with E-state index in [1.165, 1.54) is 18.3 Å². The molecule has 1 unspecified atom stereocenters. The van der Waals surface area contributed by atoms with Crippen LogP contribution in [0.5, 0.6) is 0 Å². The Balaban J connectivity index is 1.61. The van der Waals surface area contributed by atoms with Gasteiger partial charge in [0, 0.05) is 43.5 Å². The SMILES string of the molecule is CC(=O)NC(CC(=O)N1CCCN(C(=O)c2cccc(C)c2)CC1)c1cccs1. The monoisotopic (exact) mass is 413 g/mol. The molecule has 1 atom stereocenters. The Hall–Kier alpha value is -2.67. The van der Waals surface area contributed by atoms with Gasteiger partial charge in [0.05, 0.1) is 12.5 Å². The van der Waals surface area contributed by atoms with E-state index in [2.05, 4.69) is 5.32 Å². The second kappa shape index (κ2) is 9.69. The maximum absolute atomic E-state index is 12.9. The van der Waals surface area contributed by atoms with Gasteiger partial charge in [-0.05, 0) is 36.9 Å². The number of hydrogen-bond acceptors (Lipinski definition) is 4. The Bertz CT molecular complexity index is 866. The largest absolute Gasteiger partial charge is 0.348 e. The normalized spacial score (nSPS) is 15.5. The fraction of sp³-hybridized carbons (Fsp3) is 0.409. The van der Waals surface area contributed by atoms with Gasteiger partial charge in [0.15, 0.2) is 0 Å². The van der Waals surface area contributed by atoms with E-state index in [0.717, 1.165) is 16.9 Å². The first kappa shape index (κ1) is 21.0. The Morgan fingerprint density at radius 3 is 2.52 bits per heavy atom. The van der Waals surface area contributed by atoms with E-state index in [4.69, 9.17) is 0 Å². The summed E-state index contributed by atoms with van der Waals surface area (Å²) in [5.41, 5.74) is 1.74. The van der Waals surface area contributed by atoms with Gasteiger partial charge in [-0.1, -0.05) is 23.8 Å². The van der Waals surface area contributed by atoms with Crippen LogP contribution >= 0.6 is 11.3 Å². The van der Waals surface area contributed by atoms with Gasteiger partial charge in [-0.2, -0.15) is 0 Å². The molecular formula is C22H27N3O3S. The molecule has 154 valence electrons. The summed E-state index contributed by atoms with van der Waals surface area (Å²) < 4.78 is 0. The Labute approximate surface area is 175 Å². The summed E-state index contributed by atoms with van der Waals surface area (Å²) in [5, 5.41) is 4.82. The van der Waals surface area contributed by atoms with Crippen LogP contribution in [-0.2, 0) is 9.59 Å². The van der Waals surface area contributed by atoms with E-state index in [-0.39, 0.29) is 30.2 Å². The van der Waals surface area contributed by atoms with Crippen LogP contribution in [0.1, 0.15) is 46.6 Å². The fourth-order valence-corrected chi connectivity index (χ4v) is 4.37. The highest BCUT2D eigenvalue weighted by Crippen LogP contribution is 2.23. The molecule has 0 saturated carbocycles. The molecule has 1 aromatic carbocycles. The van der Waals surface area contributed by atoms with Gasteiger partial charge in [0.25, 0.3) is 5.91 Å². The highest BCUT2D eigenvalue weighted by molar-refractivity contribution is 7.10. The Morgan fingerprint density at radius 2 is 1.83 bits per heavy atom. The van der Waals surface area contributed by atoms with Crippen LogP contribution in [0.15, 0.2) is 41.8 Å². The summed E-state index contributed by atoms with van der Waals surface area (Å²) in [6.45, 7) is 5.71. The lowest BCUT2D eigenvalue weighted by molar-refractivity contribution is -0.131. The van der Waals surface area contributed by atoms with E-state index in [9.17, 15) is 14.4 Å². The van der Waals surface area contributed by atoms with Crippen LogP contribution in [0.2, 0.25) is 0 Å². The van der Waals surface area contributed by atoms with E-state index in [1.54, 1.807) is 0 Å². The molecule has 6 nitrogen and oxygen atoms in total. The second-order valence-corrected chi connectivity index (χ2v) is 8.35. The third kappa shape index (κ3) is 5.67. The third-order valence-electron chi connectivity index (χ3n) is 5.04. The number of thiophene rings is 1. The minimum Gasteiger partial charge on any atom is -0.348 e. The topological polar surface area (TPSA) is 69.7 Å². The molecule has 1 saturated heterocycles. The Morgan fingerprint density at radius 1 is 1.07 bits per heavy atom. The zero-order valence-electron chi connectivity index (χ0n) is 16.9. The molecule has 1 fully saturated rings. The molecule has 2 heterocycles. The van der Waals surface area contributed by atoms with Crippen molar-refractivity contribution in [2.75, 3.05) is 26.2 Å².